The van der Waals surface area contributed by atoms with Crippen LogP contribution in [0.5, 0.6) is 0 Å². The number of aromatic nitrogens is 3. The molecule has 1 aliphatic rings. The minimum atomic E-state index is -0.0905. The first kappa shape index (κ1) is 14.7. The molecule has 1 unspecified atom stereocenters. The van der Waals surface area contributed by atoms with Crippen molar-refractivity contribution < 1.29 is 9.32 Å². The van der Waals surface area contributed by atoms with Gasteiger partial charge < -0.3 is 9.42 Å². The second kappa shape index (κ2) is 5.96. The van der Waals surface area contributed by atoms with Crippen molar-refractivity contribution in [1.29, 1.82) is 0 Å². The van der Waals surface area contributed by atoms with Gasteiger partial charge in [-0.05, 0) is 12.8 Å². The number of rotatable bonds is 3. The van der Waals surface area contributed by atoms with Crippen LogP contribution >= 0.6 is 0 Å². The zero-order chi connectivity index (χ0) is 16.5. The van der Waals surface area contributed by atoms with Crippen LogP contribution in [0, 0.1) is 0 Å². The summed E-state index contributed by atoms with van der Waals surface area (Å²) in [5.74, 6) is 0.517. The summed E-state index contributed by atoms with van der Waals surface area (Å²) in [5.41, 5.74) is 2.33. The van der Waals surface area contributed by atoms with E-state index in [1.807, 2.05) is 54.7 Å². The molecule has 1 amide bonds. The van der Waals surface area contributed by atoms with E-state index in [0.717, 1.165) is 30.5 Å². The van der Waals surface area contributed by atoms with Crippen molar-refractivity contribution in [2.75, 3.05) is 6.54 Å². The molecular weight excluding hydrogens is 304 g/mol. The van der Waals surface area contributed by atoms with Crippen LogP contribution in [0.4, 0.5) is 0 Å². The second-order valence-electron chi connectivity index (χ2n) is 6.05. The lowest BCUT2D eigenvalue weighted by Gasteiger charge is -2.22. The summed E-state index contributed by atoms with van der Waals surface area (Å²) in [7, 11) is 1.88. The van der Waals surface area contributed by atoms with Crippen LogP contribution in [0.25, 0.3) is 11.3 Å². The van der Waals surface area contributed by atoms with E-state index in [0.29, 0.717) is 11.5 Å². The van der Waals surface area contributed by atoms with Gasteiger partial charge in [-0.25, -0.2) is 0 Å². The molecule has 0 saturated carbocycles. The van der Waals surface area contributed by atoms with Crippen LogP contribution < -0.4 is 0 Å². The normalized spacial score (nSPS) is 17.4. The van der Waals surface area contributed by atoms with Gasteiger partial charge in [0.05, 0.1) is 12.2 Å². The Kier molecular flexibility index (Phi) is 3.65. The number of hydrogen-bond acceptors (Lipinski definition) is 4. The summed E-state index contributed by atoms with van der Waals surface area (Å²) in [4.78, 5) is 14.7. The predicted octanol–water partition coefficient (Wildman–Crippen LogP) is 3.05. The van der Waals surface area contributed by atoms with Gasteiger partial charge in [-0.3, -0.25) is 9.48 Å². The molecule has 0 bridgehead atoms. The van der Waals surface area contributed by atoms with Crippen LogP contribution in [-0.2, 0) is 7.05 Å². The molecule has 6 heteroatoms. The number of nitrogens with zero attached hydrogens (tertiary/aromatic N) is 4. The fraction of sp³-hybridized carbons (Fsp3) is 0.278. The molecule has 1 fully saturated rings. The van der Waals surface area contributed by atoms with Crippen molar-refractivity contribution >= 4 is 5.91 Å². The summed E-state index contributed by atoms with van der Waals surface area (Å²) in [6.45, 7) is 0.728. The third-order valence-corrected chi connectivity index (χ3v) is 4.41. The monoisotopic (exact) mass is 322 g/mol. The van der Waals surface area contributed by atoms with Crippen molar-refractivity contribution in [3.8, 4) is 11.3 Å². The fourth-order valence-electron chi connectivity index (χ4n) is 3.23. The maximum Gasteiger partial charge on any atom is 0.276 e. The van der Waals surface area contributed by atoms with Gasteiger partial charge in [0.15, 0.2) is 11.5 Å². The zero-order valence-corrected chi connectivity index (χ0v) is 13.4. The van der Waals surface area contributed by atoms with E-state index in [2.05, 4.69) is 10.3 Å². The molecule has 4 rings (SSSR count). The number of hydrogen-bond donors (Lipinski definition) is 0. The first-order valence-corrected chi connectivity index (χ1v) is 8.04. The lowest BCUT2D eigenvalue weighted by atomic mass is 10.1. The minimum absolute atomic E-state index is 0.0584. The Labute approximate surface area is 139 Å². The third-order valence-electron chi connectivity index (χ3n) is 4.41. The molecule has 1 aromatic carbocycles. The van der Waals surface area contributed by atoms with E-state index < -0.39 is 0 Å². The fourth-order valence-corrected chi connectivity index (χ4v) is 3.23. The third kappa shape index (κ3) is 2.60. The van der Waals surface area contributed by atoms with Gasteiger partial charge in [0.25, 0.3) is 5.91 Å². The smallest absolute Gasteiger partial charge is 0.276 e. The standard InChI is InChI=1S/C18H18N4O2/c1-21-12-14(11-19-21)16-8-5-9-22(16)18(23)15-10-17(24-20-15)13-6-3-2-4-7-13/h2-4,6-7,10-12,16H,5,8-9H2,1H3. The van der Waals surface area contributed by atoms with Gasteiger partial charge in [-0.1, -0.05) is 35.5 Å². The summed E-state index contributed by atoms with van der Waals surface area (Å²) in [5, 5.41) is 8.20. The number of aryl methyl sites for hydroxylation is 1. The van der Waals surface area contributed by atoms with Crippen molar-refractivity contribution in [2.24, 2.45) is 7.05 Å². The molecule has 3 aromatic rings. The molecule has 0 aliphatic carbocycles. The highest BCUT2D eigenvalue weighted by Crippen LogP contribution is 2.33. The van der Waals surface area contributed by atoms with Gasteiger partial charge in [0.1, 0.15) is 0 Å². The maximum atomic E-state index is 12.9. The van der Waals surface area contributed by atoms with Crippen LogP contribution in [-0.4, -0.2) is 32.3 Å². The molecular formula is C18H18N4O2. The van der Waals surface area contributed by atoms with Crippen molar-refractivity contribution in [2.45, 2.75) is 18.9 Å². The number of carbonyl (C=O) groups is 1. The van der Waals surface area contributed by atoms with Crippen molar-refractivity contribution in [3.05, 3.63) is 60.0 Å². The molecule has 6 nitrogen and oxygen atoms in total. The molecule has 1 aliphatic heterocycles. The van der Waals surface area contributed by atoms with Gasteiger partial charge in [-0.2, -0.15) is 5.10 Å². The number of amides is 1. The molecule has 0 N–H and O–H groups in total. The molecule has 0 radical (unpaired) electrons. The van der Waals surface area contributed by atoms with Gasteiger partial charge >= 0.3 is 0 Å². The second-order valence-corrected chi connectivity index (χ2v) is 6.05. The van der Waals surface area contributed by atoms with E-state index in [4.69, 9.17) is 4.52 Å². The number of benzene rings is 1. The lowest BCUT2D eigenvalue weighted by Crippen LogP contribution is -2.30. The van der Waals surface area contributed by atoms with Crippen LogP contribution in [0.15, 0.2) is 53.3 Å². The average Bonchev–Trinajstić information content (AvgIpc) is 3.35. The Hall–Kier alpha value is -2.89. The van der Waals surface area contributed by atoms with E-state index in [9.17, 15) is 4.79 Å². The van der Waals surface area contributed by atoms with Crippen LogP contribution in [0.1, 0.15) is 34.9 Å². The summed E-state index contributed by atoms with van der Waals surface area (Å²) in [6.07, 6.45) is 5.72. The van der Waals surface area contributed by atoms with Gasteiger partial charge in [0, 0.05) is 37.0 Å². The molecule has 1 saturated heterocycles. The summed E-state index contributed by atoms with van der Waals surface area (Å²) in [6, 6.07) is 11.4. The number of carbonyl (C=O) groups excluding carboxylic acids is 1. The van der Waals surface area contributed by atoms with Crippen molar-refractivity contribution in [3.63, 3.8) is 0 Å². The van der Waals surface area contributed by atoms with Gasteiger partial charge in [-0.15, -0.1) is 0 Å². The molecule has 0 spiro atoms. The highest BCUT2D eigenvalue weighted by molar-refractivity contribution is 5.93. The van der Waals surface area contributed by atoms with Gasteiger partial charge in [0.2, 0.25) is 0 Å². The Morgan fingerprint density at radius 3 is 2.88 bits per heavy atom. The van der Waals surface area contributed by atoms with E-state index in [-0.39, 0.29) is 11.9 Å². The SMILES string of the molecule is Cn1cc(C2CCCN2C(=O)c2cc(-c3ccccc3)on2)cn1. The average molecular weight is 322 g/mol. The Bertz CT molecular complexity index is 853. The van der Waals surface area contributed by atoms with E-state index in [1.54, 1.807) is 10.7 Å². The quantitative estimate of drug-likeness (QED) is 0.743. The Morgan fingerprint density at radius 2 is 2.12 bits per heavy atom. The molecule has 2 aromatic heterocycles. The largest absolute Gasteiger partial charge is 0.355 e. The van der Waals surface area contributed by atoms with Crippen molar-refractivity contribution in [1.82, 2.24) is 19.8 Å². The van der Waals surface area contributed by atoms with Crippen LogP contribution in [0.2, 0.25) is 0 Å². The molecule has 24 heavy (non-hydrogen) atoms. The maximum absolute atomic E-state index is 12.9. The highest BCUT2D eigenvalue weighted by Gasteiger charge is 2.32. The predicted molar refractivity (Wildman–Crippen MR) is 88.2 cm³/mol. The van der Waals surface area contributed by atoms with Crippen LogP contribution in [0.3, 0.4) is 0 Å². The first-order chi connectivity index (χ1) is 11.7. The molecule has 1 atom stereocenters. The molecule has 122 valence electrons. The topological polar surface area (TPSA) is 64.2 Å². The Morgan fingerprint density at radius 1 is 1.29 bits per heavy atom. The summed E-state index contributed by atoms with van der Waals surface area (Å²) < 4.78 is 7.13. The van der Waals surface area contributed by atoms with E-state index in [1.165, 1.54) is 0 Å². The van der Waals surface area contributed by atoms with E-state index >= 15 is 0 Å². The lowest BCUT2D eigenvalue weighted by molar-refractivity contribution is 0.0725. The number of likely N-dealkylation sites (tertiary alicyclic amines) is 1. The first-order valence-electron chi connectivity index (χ1n) is 8.04. The summed E-state index contributed by atoms with van der Waals surface area (Å²) >= 11 is 0. The minimum Gasteiger partial charge on any atom is -0.355 e. The zero-order valence-electron chi connectivity index (χ0n) is 13.4. The molecule has 3 heterocycles. The highest BCUT2D eigenvalue weighted by atomic mass is 16.5. The Balaban J connectivity index is 1.58.